The van der Waals surface area contributed by atoms with E-state index in [1.165, 1.54) is 25.7 Å². The number of para-hydroxylation sites is 1. The molecule has 1 aliphatic carbocycles. The maximum Gasteiger partial charge on any atom is 0.258 e. The summed E-state index contributed by atoms with van der Waals surface area (Å²) in [7, 11) is 0. The number of anilines is 1. The zero-order valence-corrected chi connectivity index (χ0v) is 21.7. The molecule has 3 aliphatic rings. The molecule has 3 aromatic rings. The van der Waals surface area contributed by atoms with Gasteiger partial charge >= 0.3 is 0 Å². The molecule has 1 saturated carbocycles. The van der Waals surface area contributed by atoms with Gasteiger partial charge in [-0.15, -0.1) is 0 Å². The number of nitriles is 1. The fourth-order valence-corrected chi connectivity index (χ4v) is 6.00. The number of hydrogen-bond donors (Lipinski definition) is 0. The summed E-state index contributed by atoms with van der Waals surface area (Å²) in [5.41, 5.74) is 3.59. The Kier molecular flexibility index (Phi) is 7.59. The first-order chi connectivity index (χ1) is 18.2. The molecule has 3 fully saturated rings. The Labute approximate surface area is 218 Å². The van der Waals surface area contributed by atoms with E-state index in [1.54, 1.807) is 0 Å². The van der Waals surface area contributed by atoms with Crippen molar-refractivity contribution in [3.8, 4) is 12.3 Å². The minimum atomic E-state index is -0.0481. The molecule has 6 rings (SSSR count). The van der Waals surface area contributed by atoms with Gasteiger partial charge in [0.15, 0.2) is 5.65 Å². The Bertz CT molecular complexity index is 1260. The predicted molar refractivity (Wildman–Crippen MR) is 143 cm³/mol. The van der Waals surface area contributed by atoms with Gasteiger partial charge in [-0.2, -0.15) is 5.10 Å². The van der Waals surface area contributed by atoms with E-state index >= 15 is 0 Å². The van der Waals surface area contributed by atoms with E-state index in [0.717, 1.165) is 80.2 Å². The Balaban J connectivity index is 0.00000137. The van der Waals surface area contributed by atoms with Crippen LogP contribution in [0.4, 0.5) is 5.82 Å². The number of amides is 1. The van der Waals surface area contributed by atoms with Gasteiger partial charge in [0.25, 0.3) is 5.91 Å². The van der Waals surface area contributed by atoms with Crippen molar-refractivity contribution >= 4 is 17.4 Å². The standard InChI is InChI=1S/C28H35N5O2.CHN/c1-20-19-33-26(29-27(20)31-15-8-9-16-31)18-23(30-33)24-13-6-7-17-32(24)28(34)22-12-4-5-14-25(22)35-21-10-2-3-11-21;1-2/h4-5,12,14,18-19,21,24H,2-3,6-11,13,15-17H2,1H3;1H. The topological polar surface area (TPSA) is 86.8 Å². The van der Waals surface area contributed by atoms with Crippen LogP contribution in [0.1, 0.15) is 85.4 Å². The molecule has 37 heavy (non-hydrogen) atoms. The largest absolute Gasteiger partial charge is 0.490 e. The van der Waals surface area contributed by atoms with Crippen LogP contribution in [-0.4, -0.2) is 51.1 Å². The van der Waals surface area contributed by atoms with Gasteiger partial charge < -0.3 is 14.5 Å². The summed E-state index contributed by atoms with van der Waals surface area (Å²) < 4.78 is 8.19. The third-order valence-electron chi connectivity index (χ3n) is 7.85. The average Bonchev–Trinajstić information content (AvgIpc) is 3.72. The number of piperidine rings is 1. The Hall–Kier alpha value is -3.60. The summed E-state index contributed by atoms with van der Waals surface area (Å²) in [4.78, 5) is 23.2. The van der Waals surface area contributed by atoms with Crippen LogP contribution in [0.2, 0.25) is 0 Å². The lowest BCUT2D eigenvalue weighted by atomic mass is 9.98. The van der Waals surface area contributed by atoms with Gasteiger partial charge in [-0.25, -0.2) is 14.8 Å². The molecule has 8 heteroatoms. The second kappa shape index (κ2) is 11.2. The molecule has 1 atom stereocenters. The highest BCUT2D eigenvalue weighted by molar-refractivity contribution is 5.97. The first kappa shape index (κ1) is 25.1. The third kappa shape index (κ3) is 5.13. The zero-order valence-electron chi connectivity index (χ0n) is 21.7. The highest BCUT2D eigenvalue weighted by Crippen LogP contribution is 2.35. The van der Waals surface area contributed by atoms with Gasteiger partial charge in [0.05, 0.1) is 23.4 Å². The molecule has 1 amide bonds. The van der Waals surface area contributed by atoms with Crippen LogP contribution in [0.15, 0.2) is 36.5 Å². The molecule has 0 bridgehead atoms. The van der Waals surface area contributed by atoms with Crippen LogP contribution >= 0.6 is 0 Å². The number of nitrogens with zero attached hydrogens (tertiary/aromatic N) is 6. The Morgan fingerprint density at radius 1 is 1.00 bits per heavy atom. The maximum absolute atomic E-state index is 13.9. The molecule has 1 unspecified atom stereocenters. The summed E-state index contributed by atoms with van der Waals surface area (Å²) in [5, 5.41) is 11.4. The number of likely N-dealkylation sites (tertiary alicyclic amines) is 1. The molecule has 2 aromatic heterocycles. The predicted octanol–water partition coefficient (Wildman–Crippen LogP) is 5.47. The fourth-order valence-electron chi connectivity index (χ4n) is 6.00. The van der Waals surface area contributed by atoms with E-state index in [9.17, 15) is 4.79 Å². The van der Waals surface area contributed by atoms with Crippen molar-refractivity contribution in [1.82, 2.24) is 19.5 Å². The van der Waals surface area contributed by atoms with Crippen LogP contribution in [0.25, 0.3) is 5.65 Å². The summed E-state index contributed by atoms with van der Waals surface area (Å²) in [5.74, 6) is 1.83. The van der Waals surface area contributed by atoms with E-state index in [1.807, 2.05) is 33.7 Å². The number of ether oxygens (including phenoxy) is 1. The number of fused-ring (bicyclic) bond motifs is 1. The van der Waals surface area contributed by atoms with E-state index in [2.05, 4.69) is 30.7 Å². The molecule has 4 heterocycles. The maximum atomic E-state index is 13.9. The molecule has 0 N–H and O–H groups in total. The number of rotatable bonds is 5. The molecule has 194 valence electrons. The second-order valence-electron chi connectivity index (χ2n) is 10.3. The van der Waals surface area contributed by atoms with Crippen molar-refractivity contribution < 1.29 is 9.53 Å². The van der Waals surface area contributed by atoms with Crippen LogP contribution in [0.3, 0.4) is 0 Å². The Morgan fingerprint density at radius 3 is 2.49 bits per heavy atom. The van der Waals surface area contributed by atoms with E-state index in [4.69, 9.17) is 20.1 Å². The van der Waals surface area contributed by atoms with Crippen molar-refractivity contribution in [3.63, 3.8) is 0 Å². The minimum absolute atomic E-state index is 0.0437. The number of hydrogen-bond acceptors (Lipinski definition) is 6. The van der Waals surface area contributed by atoms with Gasteiger partial charge in [-0.05, 0) is 76.8 Å². The SMILES string of the molecule is C#N.Cc1cn2nc(C3CCCCN3C(=O)c3ccccc3OC3CCCC3)cc2nc1N1CCCC1. The number of carbonyl (C=O) groups is 1. The first-order valence-corrected chi connectivity index (χ1v) is 13.6. The quantitative estimate of drug-likeness (QED) is 0.462. The van der Waals surface area contributed by atoms with E-state index in [0.29, 0.717) is 5.56 Å². The van der Waals surface area contributed by atoms with Crippen LogP contribution in [0.5, 0.6) is 5.75 Å². The van der Waals surface area contributed by atoms with Crippen LogP contribution < -0.4 is 9.64 Å². The molecule has 8 nitrogen and oxygen atoms in total. The summed E-state index contributed by atoms with van der Waals surface area (Å²) in [6, 6.07) is 9.79. The van der Waals surface area contributed by atoms with Crippen molar-refractivity contribution in [1.29, 1.82) is 5.26 Å². The highest BCUT2D eigenvalue weighted by atomic mass is 16.5. The summed E-state index contributed by atoms with van der Waals surface area (Å²) >= 11 is 0. The van der Waals surface area contributed by atoms with Crippen molar-refractivity contribution in [3.05, 3.63) is 53.3 Å². The first-order valence-electron chi connectivity index (χ1n) is 13.6. The van der Waals surface area contributed by atoms with Crippen LogP contribution in [0, 0.1) is 18.8 Å². The fraction of sp³-hybridized carbons (Fsp3) is 0.517. The van der Waals surface area contributed by atoms with Crippen LogP contribution in [-0.2, 0) is 0 Å². The number of aromatic nitrogens is 3. The smallest absolute Gasteiger partial charge is 0.258 e. The third-order valence-corrected chi connectivity index (χ3v) is 7.85. The van der Waals surface area contributed by atoms with Gasteiger partial charge in [-0.1, -0.05) is 12.1 Å². The molecule has 2 saturated heterocycles. The van der Waals surface area contributed by atoms with Gasteiger partial charge in [0.1, 0.15) is 11.6 Å². The van der Waals surface area contributed by atoms with Crippen molar-refractivity contribution in [2.24, 2.45) is 0 Å². The van der Waals surface area contributed by atoms with E-state index in [-0.39, 0.29) is 18.1 Å². The molecular weight excluding hydrogens is 464 g/mol. The monoisotopic (exact) mass is 500 g/mol. The second-order valence-corrected chi connectivity index (χ2v) is 10.3. The zero-order chi connectivity index (χ0) is 25.8. The number of benzene rings is 1. The molecule has 0 radical (unpaired) electrons. The highest BCUT2D eigenvalue weighted by Gasteiger charge is 2.32. The number of aryl methyl sites for hydroxylation is 1. The van der Waals surface area contributed by atoms with Gasteiger partial charge in [0, 0.05) is 44.0 Å². The molecule has 0 spiro atoms. The normalized spacial score (nSPS) is 20.1. The van der Waals surface area contributed by atoms with Crippen molar-refractivity contribution in [2.45, 2.75) is 76.9 Å². The average molecular weight is 501 g/mol. The Morgan fingerprint density at radius 2 is 1.70 bits per heavy atom. The lowest BCUT2D eigenvalue weighted by molar-refractivity contribution is 0.0598. The lowest BCUT2D eigenvalue weighted by Gasteiger charge is -2.35. The lowest BCUT2D eigenvalue weighted by Crippen LogP contribution is -2.39. The molecular formula is C29H36N6O2. The summed E-state index contributed by atoms with van der Waals surface area (Å²) in [6.45, 7) is 8.48. The van der Waals surface area contributed by atoms with Crippen molar-refractivity contribution in [2.75, 3.05) is 24.5 Å². The molecule has 2 aliphatic heterocycles. The van der Waals surface area contributed by atoms with Gasteiger partial charge in [0.2, 0.25) is 0 Å². The molecule has 1 aromatic carbocycles. The van der Waals surface area contributed by atoms with E-state index < -0.39 is 0 Å². The number of carbonyl (C=O) groups excluding carboxylic acids is 1. The summed E-state index contributed by atoms with van der Waals surface area (Å²) in [6.07, 6.45) is 12.3. The minimum Gasteiger partial charge on any atom is -0.490 e. The van der Waals surface area contributed by atoms with Gasteiger partial charge in [-0.3, -0.25) is 4.79 Å².